The SMILES string of the molecule is COC(=O)C1=C[C@H](OC(=O)c2ccccn2)[C@@H](NC(C)=O)[C@H](C(OC(=O)c2ccccc2)C(COC(=O)c2ccccn2)OC(=O)c2ccccc2)O1. The highest BCUT2D eigenvalue weighted by molar-refractivity contribution is 5.91. The van der Waals surface area contributed by atoms with Crippen LogP contribution in [0.3, 0.4) is 0 Å². The maximum absolute atomic E-state index is 13.7. The molecular weight excluding hydrogens is 690 g/mol. The van der Waals surface area contributed by atoms with Crippen LogP contribution in [0.25, 0.3) is 0 Å². The molecule has 1 amide bonds. The largest absolute Gasteiger partial charge is 0.477 e. The van der Waals surface area contributed by atoms with Gasteiger partial charge in [-0.2, -0.15) is 0 Å². The lowest BCUT2D eigenvalue weighted by atomic mass is 9.93. The molecule has 272 valence electrons. The minimum atomic E-state index is -1.78. The van der Waals surface area contributed by atoms with Gasteiger partial charge in [0.05, 0.1) is 18.2 Å². The molecule has 0 saturated heterocycles. The molecule has 0 radical (unpaired) electrons. The number of methoxy groups -OCH3 is 1. The standard InChI is InChI=1S/C38H33N3O12/c1-23(42)41-31-28(51-37(46)27-18-10-12-20-40-27)21-29(38(47)48-2)50-33(31)32(53-35(44)25-15-7-4-8-16-25)30(52-34(43)24-13-5-3-6-14-24)22-49-36(45)26-17-9-11-19-39-26/h3-21,28,30-33H,22H2,1-2H3,(H,41,42)/t28-,30?,31+,32?,33+/m0/s1. The number of aromatic nitrogens is 2. The average molecular weight is 724 g/mol. The first-order valence-electron chi connectivity index (χ1n) is 16.1. The van der Waals surface area contributed by atoms with Gasteiger partial charge in [-0.3, -0.25) is 4.79 Å². The number of nitrogens with one attached hydrogen (secondary N) is 1. The Morgan fingerprint density at radius 3 is 1.77 bits per heavy atom. The van der Waals surface area contributed by atoms with Crippen molar-refractivity contribution in [2.24, 2.45) is 0 Å². The van der Waals surface area contributed by atoms with Crippen LogP contribution >= 0.6 is 0 Å². The fourth-order valence-corrected chi connectivity index (χ4v) is 5.17. The summed E-state index contributed by atoms with van der Waals surface area (Å²) >= 11 is 0. The van der Waals surface area contributed by atoms with Crippen LogP contribution in [0.5, 0.6) is 0 Å². The fraction of sp³-hybridized carbons (Fsp3) is 0.211. The molecule has 2 unspecified atom stereocenters. The van der Waals surface area contributed by atoms with Crippen molar-refractivity contribution in [3.8, 4) is 0 Å². The third-order valence-electron chi connectivity index (χ3n) is 7.62. The molecule has 4 aromatic rings. The number of pyridine rings is 2. The first-order chi connectivity index (χ1) is 25.6. The van der Waals surface area contributed by atoms with E-state index in [-0.39, 0.29) is 22.5 Å². The highest BCUT2D eigenvalue weighted by Crippen LogP contribution is 2.29. The van der Waals surface area contributed by atoms with E-state index in [4.69, 9.17) is 28.4 Å². The van der Waals surface area contributed by atoms with Gasteiger partial charge in [-0.15, -0.1) is 0 Å². The van der Waals surface area contributed by atoms with E-state index < -0.39 is 78.6 Å². The molecule has 1 aliphatic heterocycles. The summed E-state index contributed by atoms with van der Waals surface area (Å²) in [4.78, 5) is 87.3. The van der Waals surface area contributed by atoms with Gasteiger partial charge >= 0.3 is 29.8 Å². The van der Waals surface area contributed by atoms with E-state index in [1.807, 2.05) is 0 Å². The second kappa shape index (κ2) is 17.8. The van der Waals surface area contributed by atoms with Crippen LogP contribution in [0.1, 0.15) is 48.6 Å². The molecule has 1 N–H and O–H groups in total. The van der Waals surface area contributed by atoms with Gasteiger partial charge in [0, 0.05) is 25.4 Å². The predicted molar refractivity (Wildman–Crippen MR) is 182 cm³/mol. The zero-order valence-corrected chi connectivity index (χ0v) is 28.4. The lowest BCUT2D eigenvalue weighted by molar-refractivity contribution is -0.153. The molecule has 0 bridgehead atoms. The number of carbonyl (C=O) groups is 6. The van der Waals surface area contributed by atoms with Crippen molar-refractivity contribution in [3.05, 3.63) is 144 Å². The lowest BCUT2D eigenvalue weighted by Gasteiger charge is -2.41. The van der Waals surface area contributed by atoms with E-state index in [1.54, 1.807) is 60.7 Å². The molecule has 2 aromatic carbocycles. The number of amides is 1. The van der Waals surface area contributed by atoms with E-state index >= 15 is 0 Å². The van der Waals surface area contributed by atoms with Gasteiger partial charge in [-0.25, -0.2) is 33.9 Å². The third-order valence-corrected chi connectivity index (χ3v) is 7.62. The summed E-state index contributed by atoms with van der Waals surface area (Å²) in [6.07, 6.45) is -2.79. The average Bonchev–Trinajstić information content (AvgIpc) is 3.19. The number of benzene rings is 2. The van der Waals surface area contributed by atoms with Crippen LogP contribution in [0.4, 0.5) is 0 Å². The number of nitrogens with zero attached hydrogens (tertiary/aromatic N) is 2. The zero-order valence-electron chi connectivity index (χ0n) is 28.4. The van der Waals surface area contributed by atoms with Crippen molar-refractivity contribution < 1.29 is 57.2 Å². The van der Waals surface area contributed by atoms with Crippen LogP contribution in [-0.2, 0) is 38.0 Å². The van der Waals surface area contributed by atoms with E-state index in [2.05, 4.69) is 15.3 Å². The summed E-state index contributed by atoms with van der Waals surface area (Å²) in [7, 11) is 1.07. The summed E-state index contributed by atoms with van der Waals surface area (Å²) in [6, 6.07) is 23.2. The van der Waals surface area contributed by atoms with Gasteiger partial charge in [-0.05, 0) is 48.5 Å². The maximum atomic E-state index is 13.7. The Morgan fingerprint density at radius 2 is 1.25 bits per heavy atom. The molecule has 0 aliphatic carbocycles. The first-order valence-corrected chi connectivity index (χ1v) is 16.1. The molecule has 0 spiro atoms. The second-order valence-corrected chi connectivity index (χ2v) is 11.3. The number of carbonyl (C=O) groups excluding carboxylic acids is 6. The number of hydrogen-bond donors (Lipinski definition) is 1. The van der Waals surface area contributed by atoms with Gasteiger partial charge in [0.25, 0.3) is 0 Å². The van der Waals surface area contributed by atoms with Gasteiger partial charge in [-0.1, -0.05) is 48.5 Å². The minimum Gasteiger partial charge on any atom is -0.477 e. The lowest BCUT2D eigenvalue weighted by Crippen LogP contribution is -2.62. The van der Waals surface area contributed by atoms with Crippen molar-refractivity contribution in [3.63, 3.8) is 0 Å². The molecule has 5 atom stereocenters. The van der Waals surface area contributed by atoms with Gasteiger partial charge in [0.15, 0.2) is 18.3 Å². The summed E-state index contributed by atoms with van der Waals surface area (Å²) in [5, 5.41) is 2.63. The molecule has 15 heteroatoms. The van der Waals surface area contributed by atoms with Crippen LogP contribution in [0.15, 0.2) is 121 Å². The highest BCUT2D eigenvalue weighted by atomic mass is 16.6. The van der Waals surface area contributed by atoms with E-state index in [9.17, 15) is 28.8 Å². The first kappa shape index (κ1) is 37.4. The Kier molecular flexibility index (Phi) is 12.6. The van der Waals surface area contributed by atoms with Crippen LogP contribution in [0, 0.1) is 0 Å². The number of ether oxygens (including phenoxy) is 6. The van der Waals surface area contributed by atoms with Crippen molar-refractivity contribution in [2.45, 2.75) is 37.4 Å². The Balaban J connectivity index is 1.61. The molecule has 0 saturated carbocycles. The van der Waals surface area contributed by atoms with Crippen molar-refractivity contribution in [1.82, 2.24) is 15.3 Å². The number of hydrogen-bond acceptors (Lipinski definition) is 14. The monoisotopic (exact) mass is 723 g/mol. The van der Waals surface area contributed by atoms with Gasteiger partial charge in [0.2, 0.25) is 11.7 Å². The van der Waals surface area contributed by atoms with Crippen LogP contribution in [0.2, 0.25) is 0 Å². The third kappa shape index (κ3) is 9.88. The normalized spacial score (nSPS) is 17.3. The van der Waals surface area contributed by atoms with Crippen molar-refractivity contribution in [1.29, 1.82) is 0 Å². The van der Waals surface area contributed by atoms with Crippen molar-refractivity contribution >= 4 is 35.8 Å². The van der Waals surface area contributed by atoms with E-state index in [0.717, 1.165) is 13.2 Å². The molecular formula is C38H33N3O12. The molecule has 5 rings (SSSR count). The number of rotatable bonds is 13. The quantitative estimate of drug-likeness (QED) is 0.156. The molecule has 1 aliphatic rings. The molecule has 3 heterocycles. The van der Waals surface area contributed by atoms with Gasteiger partial charge < -0.3 is 33.7 Å². The fourth-order valence-electron chi connectivity index (χ4n) is 5.17. The molecule has 2 aromatic heterocycles. The molecule has 15 nitrogen and oxygen atoms in total. The van der Waals surface area contributed by atoms with Crippen LogP contribution in [-0.4, -0.2) is 89.9 Å². The highest BCUT2D eigenvalue weighted by Gasteiger charge is 2.50. The second-order valence-electron chi connectivity index (χ2n) is 11.3. The Morgan fingerprint density at radius 1 is 0.698 bits per heavy atom. The summed E-state index contributed by atoms with van der Waals surface area (Å²) in [5.74, 6) is -5.90. The Bertz CT molecular complexity index is 1940. The minimum absolute atomic E-state index is 0.0601. The summed E-state index contributed by atoms with van der Waals surface area (Å²) in [5.41, 5.74) is -0.0407. The van der Waals surface area contributed by atoms with Gasteiger partial charge in [0.1, 0.15) is 30.1 Å². The van der Waals surface area contributed by atoms with Crippen LogP contribution < -0.4 is 5.32 Å². The predicted octanol–water partition coefficient (Wildman–Crippen LogP) is 3.27. The van der Waals surface area contributed by atoms with Crippen molar-refractivity contribution in [2.75, 3.05) is 13.7 Å². The topological polar surface area (TPSA) is 196 Å². The summed E-state index contributed by atoms with van der Waals surface area (Å²) in [6.45, 7) is 0.420. The smallest absolute Gasteiger partial charge is 0.373 e. The Labute approximate surface area is 302 Å². The van der Waals surface area contributed by atoms with E-state index in [0.29, 0.717) is 0 Å². The summed E-state index contributed by atoms with van der Waals surface area (Å²) < 4.78 is 34.1. The zero-order chi connectivity index (χ0) is 37.7. The molecule has 53 heavy (non-hydrogen) atoms. The molecule has 0 fully saturated rings. The maximum Gasteiger partial charge on any atom is 0.373 e. The van der Waals surface area contributed by atoms with E-state index in [1.165, 1.54) is 55.7 Å². The number of esters is 5. The Hall–Kier alpha value is -6.90.